The van der Waals surface area contributed by atoms with Crippen LogP contribution < -0.4 is 5.32 Å². The van der Waals surface area contributed by atoms with E-state index in [0.717, 1.165) is 0 Å². The fourth-order valence-corrected chi connectivity index (χ4v) is 2.63. The average molecular weight is 227 g/mol. The largest absolute Gasteiger partial charge is 0.395 e. The number of hydrogen-bond acceptors (Lipinski definition) is 3. The van der Waals surface area contributed by atoms with E-state index in [-0.39, 0.29) is 12.6 Å². The molecule has 0 spiro atoms. The summed E-state index contributed by atoms with van der Waals surface area (Å²) in [7, 11) is 0. The normalized spacial score (nSPS) is 15.6. The molecule has 1 unspecified atom stereocenters. The first-order chi connectivity index (χ1) is 7.06. The van der Waals surface area contributed by atoms with Gasteiger partial charge in [-0.15, -0.1) is 11.3 Å². The molecule has 86 valence electrons. The van der Waals surface area contributed by atoms with E-state index >= 15 is 0 Å². The maximum Gasteiger partial charge on any atom is 0.0587 e. The van der Waals surface area contributed by atoms with Gasteiger partial charge in [0.25, 0.3) is 0 Å². The number of aryl methyl sites for hydroxylation is 1. The van der Waals surface area contributed by atoms with Crippen LogP contribution in [0.2, 0.25) is 0 Å². The Balaban J connectivity index is 2.62. The molecular weight excluding hydrogens is 206 g/mol. The summed E-state index contributed by atoms with van der Waals surface area (Å²) < 4.78 is 0. The molecule has 0 aromatic carbocycles. The lowest BCUT2D eigenvalue weighted by Gasteiger charge is -2.24. The molecule has 2 nitrogen and oxygen atoms in total. The van der Waals surface area contributed by atoms with Crippen molar-refractivity contribution in [2.45, 2.75) is 39.8 Å². The van der Waals surface area contributed by atoms with Crippen molar-refractivity contribution in [1.82, 2.24) is 5.32 Å². The van der Waals surface area contributed by atoms with Crippen LogP contribution in [0, 0.1) is 12.8 Å². The van der Waals surface area contributed by atoms with E-state index < -0.39 is 0 Å². The topological polar surface area (TPSA) is 32.3 Å². The van der Waals surface area contributed by atoms with Gasteiger partial charge in [-0.1, -0.05) is 13.8 Å². The van der Waals surface area contributed by atoms with Crippen LogP contribution in [-0.2, 0) is 0 Å². The lowest BCUT2D eigenvalue weighted by atomic mass is 10.0. The molecule has 0 aliphatic heterocycles. The first kappa shape index (κ1) is 12.7. The van der Waals surface area contributed by atoms with Gasteiger partial charge >= 0.3 is 0 Å². The second kappa shape index (κ2) is 5.64. The van der Waals surface area contributed by atoms with E-state index in [1.165, 1.54) is 10.4 Å². The molecule has 0 fully saturated rings. The van der Waals surface area contributed by atoms with E-state index in [4.69, 9.17) is 0 Å². The number of nitrogens with one attached hydrogen (secondary N) is 1. The summed E-state index contributed by atoms with van der Waals surface area (Å²) in [5.74, 6) is 0.456. The summed E-state index contributed by atoms with van der Waals surface area (Å²) >= 11 is 1.78. The van der Waals surface area contributed by atoms with Crippen molar-refractivity contribution in [2.24, 2.45) is 5.92 Å². The van der Waals surface area contributed by atoms with Gasteiger partial charge in [0.15, 0.2) is 0 Å². The van der Waals surface area contributed by atoms with E-state index in [2.05, 4.69) is 44.5 Å². The molecule has 0 amide bonds. The highest BCUT2D eigenvalue weighted by Crippen LogP contribution is 2.24. The van der Waals surface area contributed by atoms with Crippen LogP contribution in [0.5, 0.6) is 0 Å². The molecule has 1 aromatic heterocycles. The summed E-state index contributed by atoms with van der Waals surface area (Å²) in [4.78, 5) is 1.37. The van der Waals surface area contributed by atoms with Crippen LogP contribution in [0.1, 0.15) is 37.3 Å². The van der Waals surface area contributed by atoms with Crippen molar-refractivity contribution in [3.05, 3.63) is 21.9 Å². The highest BCUT2D eigenvalue weighted by molar-refractivity contribution is 7.10. The third kappa shape index (κ3) is 3.30. The molecule has 0 aliphatic rings. The van der Waals surface area contributed by atoms with Crippen molar-refractivity contribution in [1.29, 1.82) is 0 Å². The number of thiophene rings is 1. The summed E-state index contributed by atoms with van der Waals surface area (Å²) in [5.41, 5.74) is 1.33. The van der Waals surface area contributed by atoms with Gasteiger partial charge in [-0.25, -0.2) is 0 Å². The number of rotatable bonds is 5. The zero-order valence-corrected chi connectivity index (χ0v) is 10.8. The minimum atomic E-state index is 0.182. The number of aliphatic hydroxyl groups excluding tert-OH is 1. The Kier molecular flexibility index (Phi) is 4.77. The zero-order valence-electron chi connectivity index (χ0n) is 9.95. The Morgan fingerprint density at radius 2 is 2.07 bits per heavy atom. The van der Waals surface area contributed by atoms with Crippen molar-refractivity contribution in [3.63, 3.8) is 0 Å². The summed E-state index contributed by atoms with van der Waals surface area (Å²) in [6.45, 7) is 8.74. The van der Waals surface area contributed by atoms with Gasteiger partial charge in [-0.2, -0.15) is 0 Å². The van der Waals surface area contributed by atoms with Gasteiger partial charge in [0.05, 0.1) is 6.61 Å². The predicted molar refractivity (Wildman–Crippen MR) is 66.3 cm³/mol. The van der Waals surface area contributed by atoms with Crippen LogP contribution in [0.4, 0.5) is 0 Å². The van der Waals surface area contributed by atoms with Crippen LogP contribution >= 0.6 is 11.3 Å². The maximum absolute atomic E-state index is 9.25. The molecule has 1 aromatic rings. The van der Waals surface area contributed by atoms with Gasteiger partial charge in [0.1, 0.15) is 0 Å². The van der Waals surface area contributed by atoms with Crippen LogP contribution in [0.3, 0.4) is 0 Å². The summed E-state index contributed by atoms with van der Waals surface area (Å²) in [6, 6.07) is 2.65. The molecule has 1 rings (SSSR count). The van der Waals surface area contributed by atoms with E-state index in [9.17, 15) is 5.11 Å². The van der Waals surface area contributed by atoms with E-state index in [1.54, 1.807) is 11.3 Å². The molecule has 0 saturated heterocycles. The Bertz CT molecular complexity index is 296. The maximum atomic E-state index is 9.25. The van der Waals surface area contributed by atoms with E-state index in [0.29, 0.717) is 12.0 Å². The third-order valence-electron chi connectivity index (χ3n) is 2.76. The first-order valence-electron chi connectivity index (χ1n) is 5.47. The lowest BCUT2D eigenvalue weighted by molar-refractivity contribution is 0.202. The fraction of sp³-hybridized carbons (Fsp3) is 0.667. The van der Waals surface area contributed by atoms with Gasteiger partial charge in [0, 0.05) is 17.0 Å². The molecule has 3 heteroatoms. The highest BCUT2D eigenvalue weighted by atomic mass is 32.1. The van der Waals surface area contributed by atoms with Crippen molar-refractivity contribution in [2.75, 3.05) is 6.61 Å². The molecule has 0 radical (unpaired) electrons. The van der Waals surface area contributed by atoms with Crippen molar-refractivity contribution >= 4 is 11.3 Å². The molecule has 15 heavy (non-hydrogen) atoms. The summed E-state index contributed by atoms with van der Waals surface area (Å²) in [6.07, 6.45) is 0. The van der Waals surface area contributed by atoms with Gasteiger partial charge in [0.2, 0.25) is 0 Å². The SMILES string of the molecule is Cc1ccsc1C(C)N[C@H](CO)C(C)C. The minimum absolute atomic E-state index is 0.182. The molecule has 0 saturated carbocycles. The Hall–Kier alpha value is -0.380. The number of hydrogen-bond donors (Lipinski definition) is 2. The fourth-order valence-electron chi connectivity index (χ4n) is 1.68. The predicted octanol–water partition coefficient (Wildman–Crippen LogP) is 2.72. The van der Waals surface area contributed by atoms with E-state index in [1.807, 2.05) is 0 Å². The molecule has 1 heterocycles. The Morgan fingerprint density at radius 3 is 2.47 bits per heavy atom. The van der Waals surface area contributed by atoms with Gasteiger partial charge in [-0.3, -0.25) is 0 Å². The highest BCUT2D eigenvalue weighted by Gasteiger charge is 2.17. The minimum Gasteiger partial charge on any atom is -0.395 e. The van der Waals surface area contributed by atoms with Crippen LogP contribution in [0.15, 0.2) is 11.4 Å². The van der Waals surface area contributed by atoms with Gasteiger partial charge in [-0.05, 0) is 36.8 Å². The molecule has 2 atom stereocenters. The lowest BCUT2D eigenvalue weighted by Crippen LogP contribution is -2.38. The van der Waals surface area contributed by atoms with Crippen LogP contribution in [0.25, 0.3) is 0 Å². The Labute approximate surface area is 96.3 Å². The quantitative estimate of drug-likeness (QED) is 0.810. The molecule has 0 bridgehead atoms. The van der Waals surface area contributed by atoms with Crippen molar-refractivity contribution < 1.29 is 5.11 Å². The summed E-state index contributed by atoms with van der Waals surface area (Å²) in [5, 5.41) is 14.8. The first-order valence-corrected chi connectivity index (χ1v) is 6.35. The second-order valence-corrected chi connectivity index (χ2v) is 5.34. The monoisotopic (exact) mass is 227 g/mol. The van der Waals surface area contributed by atoms with Crippen LogP contribution in [-0.4, -0.2) is 17.8 Å². The number of aliphatic hydroxyl groups is 1. The third-order valence-corrected chi connectivity index (χ3v) is 3.96. The average Bonchev–Trinajstić information content (AvgIpc) is 2.60. The molecular formula is C12H21NOS. The Morgan fingerprint density at radius 1 is 1.40 bits per heavy atom. The zero-order chi connectivity index (χ0) is 11.4. The second-order valence-electron chi connectivity index (χ2n) is 4.39. The standard InChI is InChI=1S/C12H21NOS/c1-8(2)11(7-14)13-10(4)12-9(3)5-6-15-12/h5-6,8,10-11,13-14H,7H2,1-4H3/t10?,11-/m1/s1. The van der Waals surface area contributed by atoms with Gasteiger partial charge < -0.3 is 10.4 Å². The molecule has 0 aliphatic carbocycles. The smallest absolute Gasteiger partial charge is 0.0587 e. The van der Waals surface area contributed by atoms with Crippen molar-refractivity contribution in [3.8, 4) is 0 Å². The molecule has 2 N–H and O–H groups in total.